The van der Waals surface area contributed by atoms with Crippen LogP contribution >= 0.6 is 11.3 Å². The largest absolute Gasteiger partial charge is 0.356 e. The van der Waals surface area contributed by atoms with Crippen molar-refractivity contribution in [3.05, 3.63) is 58.3 Å². The van der Waals surface area contributed by atoms with E-state index in [2.05, 4.69) is 73.3 Å². The Balaban J connectivity index is 1.24. The Labute approximate surface area is 173 Å². The molecule has 1 saturated heterocycles. The van der Waals surface area contributed by atoms with Gasteiger partial charge in [-0.05, 0) is 36.4 Å². The van der Waals surface area contributed by atoms with E-state index in [0.717, 1.165) is 58.1 Å². The van der Waals surface area contributed by atoms with Crippen LogP contribution in [0.3, 0.4) is 0 Å². The summed E-state index contributed by atoms with van der Waals surface area (Å²) in [5, 5.41) is 8.96. The highest BCUT2D eigenvalue weighted by Gasteiger charge is 2.16. The maximum atomic E-state index is 4.32. The zero-order valence-corrected chi connectivity index (χ0v) is 17.8. The molecule has 3 rings (SSSR count). The van der Waals surface area contributed by atoms with Gasteiger partial charge in [0.2, 0.25) is 0 Å². The lowest BCUT2D eigenvalue weighted by atomic mass is 10.2. The fourth-order valence-corrected chi connectivity index (χ4v) is 4.21. The Kier molecular flexibility index (Phi) is 8.81. The van der Waals surface area contributed by atoms with Gasteiger partial charge in [-0.25, -0.2) is 0 Å². The fourth-order valence-electron chi connectivity index (χ4n) is 3.50. The zero-order chi connectivity index (χ0) is 19.4. The molecular formula is C22H33N5S. The molecule has 2 N–H and O–H groups in total. The molecule has 0 aliphatic carbocycles. The van der Waals surface area contributed by atoms with Crippen LogP contribution in [0.4, 0.5) is 0 Å². The molecule has 0 atom stereocenters. The molecule has 1 aromatic carbocycles. The molecule has 0 unspecified atom stereocenters. The van der Waals surface area contributed by atoms with Crippen LogP contribution in [0.2, 0.25) is 0 Å². The third kappa shape index (κ3) is 7.26. The van der Waals surface area contributed by atoms with Crippen molar-refractivity contribution in [1.29, 1.82) is 0 Å². The minimum Gasteiger partial charge on any atom is -0.356 e. The van der Waals surface area contributed by atoms with E-state index in [1.165, 1.54) is 23.5 Å². The number of piperazine rings is 1. The number of thiophene rings is 1. The topological polar surface area (TPSA) is 42.9 Å². The number of hydrogen-bond donors (Lipinski definition) is 2. The van der Waals surface area contributed by atoms with Crippen LogP contribution in [0.1, 0.15) is 16.9 Å². The maximum Gasteiger partial charge on any atom is 0.190 e. The van der Waals surface area contributed by atoms with E-state index in [9.17, 15) is 0 Å². The molecule has 2 aromatic rings. The summed E-state index contributed by atoms with van der Waals surface area (Å²) >= 11 is 1.81. The van der Waals surface area contributed by atoms with Gasteiger partial charge in [0, 0.05) is 57.7 Å². The molecular weight excluding hydrogens is 366 g/mol. The van der Waals surface area contributed by atoms with Gasteiger partial charge < -0.3 is 15.5 Å². The van der Waals surface area contributed by atoms with Crippen LogP contribution in [0.5, 0.6) is 0 Å². The van der Waals surface area contributed by atoms with Crippen LogP contribution in [0, 0.1) is 0 Å². The lowest BCUT2D eigenvalue weighted by Gasteiger charge is -2.34. The molecule has 28 heavy (non-hydrogen) atoms. The summed E-state index contributed by atoms with van der Waals surface area (Å²) in [6.07, 6.45) is 2.19. The van der Waals surface area contributed by atoms with E-state index in [-0.39, 0.29) is 0 Å². The first-order chi connectivity index (χ1) is 13.8. The van der Waals surface area contributed by atoms with Gasteiger partial charge in [-0.3, -0.25) is 9.89 Å². The lowest BCUT2D eigenvalue weighted by Crippen LogP contribution is -2.46. The molecule has 6 heteroatoms. The van der Waals surface area contributed by atoms with Crippen LogP contribution in [-0.4, -0.2) is 68.6 Å². The van der Waals surface area contributed by atoms with E-state index in [1.54, 1.807) is 0 Å². The van der Waals surface area contributed by atoms with Crippen LogP contribution in [0.15, 0.2) is 52.8 Å². The molecule has 2 heterocycles. The summed E-state index contributed by atoms with van der Waals surface area (Å²) in [6, 6.07) is 15.1. The van der Waals surface area contributed by atoms with Crippen molar-refractivity contribution in [2.45, 2.75) is 19.4 Å². The summed E-state index contributed by atoms with van der Waals surface area (Å²) in [5.41, 5.74) is 1.41. The first-order valence-electron chi connectivity index (χ1n) is 10.3. The van der Waals surface area contributed by atoms with Gasteiger partial charge in [-0.1, -0.05) is 36.4 Å². The van der Waals surface area contributed by atoms with Crippen molar-refractivity contribution in [2.24, 2.45) is 4.99 Å². The summed E-state index contributed by atoms with van der Waals surface area (Å²) in [5.74, 6) is 0.907. The van der Waals surface area contributed by atoms with Gasteiger partial charge in [0.15, 0.2) is 5.96 Å². The molecule has 1 aromatic heterocycles. The number of rotatable bonds is 9. The molecule has 0 amide bonds. The van der Waals surface area contributed by atoms with Crippen molar-refractivity contribution >= 4 is 17.3 Å². The average molecular weight is 400 g/mol. The summed E-state index contributed by atoms with van der Waals surface area (Å²) in [6.45, 7) is 8.76. The molecule has 0 radical (unpaired) electrons. The number of aliphatic imine (C=N–C) groups is 1. The third-order valence-corrected chi connectivity index (χ3v) is 6.06. The number of nitrogens with one attached hydrogen (secondary N) is 2. The minimum absolute atomic E-state index is 0.907. The second-order valence-electron chi connectivity index (χ2n) is 7.21. The number of guanidine groups is 1. The van der Waals surface area contributed by atoms with E-state index in [0.29, 0.717) is 0 Å². The summed E-state index contributed by atoms with van der Waals surface area (Å²) in [7, 11) is 1.84. The Morgan fingerprint density at radius 2 is 1.71 bits per heavy atom. The Hall–Kier alpha value is -1.89. The molecule has 0 saturated carbocycles. The van der Waals surface area contributed by atoms with E-state index >= 15 is 0 Å². The normalized spacial score (nSPS) is 16.2. The SMILES string of the molecule is CN=C(NCCCN1CCN(Cc2ccccc2)CC1)NCCc1cccs1. The van der Waals surface area contributed by atoms with E-state index in [1.807, 2.05) is 18.4 Å². The first-order valence-corrected chi connectivity index (χ1v) is 11.2. The van der Waals surface area contributed by atoms with E-state index in [4.69, 9.17) is 0 Å². The van der Waals surface area contributed by atoms with E-state index < -0.39 is 0 Å². The van der Waals surface area contributed by atoms with Gasteiger partial charge in [0.05, 0.1) is 0 Å². The number of hydrogen-bond acceptors (Lipinski definition) is 4. The summed E-state index contributed by atoms with van der Waals surface area (Å²) < 4.78 is 0. The molecule has 1 aliphatic heterocycles. The predicted molar refractivity (Wildman–Crippen MR) is 120 cm³/mol. The average Bonchev–Trinajstić information content (AvgIpc) is 3.25. The standard InChI is InChI=1S/C22H33N5S/c1-23-22(25-12-10-21-9-5-18-28-21)24-11-6-13-26-14-16-27(17-15-26)19-20-7-3-2-4-8-20/h2-5,7-9,18H,6,10-17,19H2,1H3,(H2,23,24,25). The Morgan fingerprint density at radius 1 is 0.964 bits per heavy atom. The molecule has 1 aliphatic rings. The van der Waals surface area contributed by atoms with Crippen molar-refractivity contribution in [2.75, 3.05) is 52.9 Å². The zero-order valence-electron chi connectivity index (χ0n) is 16.9. The third-order valence-electron chi connectivity index (χ3n) is 5.13. The number of nitrogens with zero attached hydrogens (tertiary/aromatic N) is 3. The molecule has 1 fully saturated rings. The lowest BCUT2D eigenvalue weighted by molar-refractivity contribution is 0.126. The van der Waals surface area contributed by atoms with Crippen molar-refractivity contribution in [3.8, 4) is 0 Å². The Bertz CT molecular complexity index is 678. The van der Waals surface area contributed by atoms with Gasteiger partial charge in [0.25, 0.3) is 0 Å². The quantitative estimate of drug-likeness (QED) is 0.387. The molecule has 0 bridgehead atoms. The van der Waals surface area contributed by atoms with Crippen LogP contribution in [0.25, 0.3) is 0 Å². The number of benzene rings is 1. The highest BCUT2D eigenvalue weighted by atomic mass is 32.1. The second-order valence-corrected chi connectivity index (χ2v) is 8.24. The predicted octanol–water partition coefficient (Wildman–Crippen LogP) is 2.66. The second kappa shape index (κ2) is 11.8. The van der Waals surface area contributed by atoms with Crippen molar-refractivity contribution in [3.63, 3.8) is 0 Å². The Morgan fingerprint density at radius 3 is 2.43 bits per heavy atom. The highest BCUT2D eigenvalue weighted by molar-refractivity contribution is 7.09. The monoisotopic (exact) mass is 399 g/mol. The van der Waals surface area contributed by atoms with Gasteiger partial charge >= 0.3 is 0 Å². The fraction of sp³-hybridized carbons (Fsp3) is 0.500. The first kappa shape index (κ1) is 20.8. The van der Waals surface area contributed by atoms with Crippen molar-refractivity contribution in [1.82, 2.24) is 20.4 Å². The maximum absolute atomic E-state index is 4.32. The van der Waals surface area contributed by atoms with Crippen LogP contribution in [-0.2, 0) is 13.0 Å². The highest BCUT2D eigenvalue weighted by Crippen LogP contribution is 2.09. The van der Waals surface area contributed by atoms with Gasteiger partial charge in [0.1, 0.15) is 0 Å². The smallest absolute Gasteiger partial charge is 0.190 e. The van der Waals surface area contributed by atoms with Crippen molar-refractivity contribution < 1.29 is 0 Å². The molecule has 5 nitrogen and oxygen atoms in total. The molecule has 0 spiro atoms. The summed E-state index contributed by atoms with van der Waals surface area (Å²) in [4.78, 5) is 10.9. The van der Waals surface area contributed by atoms with Gasteiger partial charge in [-0.2, -0.15) is 0 Å². The van der Waals surface area contributed by atoms with Gasteiger partial charge in [-0.15, -0.1) is 11.3 Å². The minimum atomic E-state index is 0.907. The molecule has 152 valence electrons. The van der Waals surface area contributed by atoms with Crippen LogP contribution < -0.4 is 10.6 Å².